The van der Waals surface area contributed by atoms with Gasteiger partial charge in [0.25, 0.3) is 11.8 Å². The molecule has 7 nitrogen and oxygen atoms in total. The van der Waals surface area contributed by atoms with Crippen molar-refractivity contribution < 1.29 is 14.3 Å². The molecule has 7 heteroatoms. The fraction of sp³-hybridized carbons (Fsp3) is 0.143. The molecule has 1 aliphatic rings. The first-order valence-corrected chi connectivity index (χ1v) is 6.19. The van der Waals surface area contributed by atoms with E-state index in [1.165, 1.54) is 19.2 Å². The maximum absolute atomic E-state index is 12.4. The molecule has 0 atom stereocenters. The molecule has 0 spiro atoms. The van der Waals surface area contributed by atoms with Crippen LogP contribution in [0.15, 0.2) is 24.3 Å². The summed E-state index contributed by atoms with van der Waals surface area (Å²) in [6.07, 6.45) is 0. The van der Waals surface area contributed by atoms with Gasteiger partial charge in [-0.15, -0.1) is 0 Å². The second-order valence-corrected chi connectivity index (χ2v) is 4.60. The third-order valence-corrected chi connectivity index (χ3v) is 3.14. The molecule has 2 amide bonds. The Hall–Kier alpha value is -2.96. The van der Waals surface area contributed by atoms with Crippen LogP contribution in [-0.4, -0.2) is 28.9 Å². The first-order chi connectivity index (χ1) is 10.0. The van der Waals surface area contributed by atoms with Gasteiger partial charge >= 0.3 is 0 Å². The molecule has 0 bridgehead atoms. The molecular formula is C14H12N4O3. The van der Waals surface area contributed by atoms with Crippen LogP contribution in [0, 0.1) is 6.92 Å². The number of aromatic nitrogens is 2. The van der Waals surface area contributed by atoms with Crippen LogP contribution in [0.5, 0.6) is 5.88 Å². The number of imide groups is 1. The van der Waals surface area contributed by atoms with Gasteiger partial charge in [0.2, 0.25) is 11.8 Å². The molecule has 0 unspecified atom stereocenters. The number of fused-ring (bicyclic) bond motifs is 1. The zero-order valence-electron chi connectivity index (χ0n) is 11.5. The van der Waals surface area contributed by atoms with Gasteiger partial charge in [-0.05, 0) is 25.1 Å². The molecule has 2 N–H and O–H groups in total. The van der Waals surface area contributed by atoms with Crippen LogP contribution in [0.1, 0.15) is 26.4 Å². The van der Waals surface area contributed by atoms with Crippen molar-refractivity contribution in [3.05, 3.63) is 41.1 Å². The molecule has 3 rings (SSSR count). The Labute approximate surface area is 120 Å². The van der Waals surface area contributed by atoms with Crippen molar-refractivity contribution in [3.63, 3.8) is 0 Å². The van der Waals surface area contributed by atoms with Crippen LogP contribution in [0.4, 0.5) is 11.6 Å². The molecule has 2 heterocycles. The number of ether oxygens (including phenoxy) is 1. The summed E-state index contributed by atoms with van der Waals surface area (Å²) in [6, 6.07) is 6.19. The van der Waals surface area contributed by atoms with Crippen molar-refractivity contribution in [1.29, 1.82) is 0 Å². The van der Waals surface area contributed by atoms with Gasteiger partial charge in [0, 0.05) is 17.4 Å². The van der Waals surface area contributed by atoms with Crippen LogP contribution >= 0.6 is 0 Å². The van der Waals surface area contributed by atoms with E-state index in [1.54, 1.807) is 19.1 Å². The summed E-state index contributed by atoms with van der Waals surface area (Å²) >= 11 is 0. The van der Waals surface area contributed by atoms with Crippen LogP contribution in [0.3, 0.4) is 0 Å². The summed E-state index contributed by atoms with van der Waals surface area (Å²) in [6.45, 7) is 1.73. The minimum Gasteiger partial charge on any atom is -0.481 e. The van der Waals surface area contributed by atoms with Gasteiger partial charge in [-0.2, -0.15) is 4.98 Å². The highest BCUT2D eigenvalue weighted by molar-refractivity contribution is 6.34. The van der Waals surface area contributed by atoms with Crippen molar-refractivity contribution in [2.24, 2.45) is 0 Å². The first kappa shape index (κ1) is 13.0. The van der Waals surface area contributed by atoms with Gasteiger partial charge in [-0.3, -0.25) is 9.59 Å². The minimum atomic E-state index is -0.491. The normalized spacial score (nSPS) is 13.5. The van der Waals surface area contributed by atoms with Gasteiger partial charge in [-0.1, -0.05) is 0 Å². The lowest BCUT2D eigenvalue weighted by molar-refractivity contribution is 0.0923. The summed E-state index contributed by atoms with van der Waals surface area (Å²) in [5, 5.41) is 0. The van der Waals surface area contributed by atoms with Gasteiger partial charge < -0.3 is 10.5 Å². The van der Waals surface area contributed by atoms with Crippen molar-refractivity contribution in [2.75, 3.05) is 17.7 Å². The number of nitrogens with two attached hydrogens (primary N) is 1. The number of nitrogen functional groups attached to an aromatic ring is 1. The summed E-state index contributed by atoms with van der Waals surface area (Å²) in [4.78, 5) is 33.9. The number of hydrogen-bond donors (Lipinski definition) is 1. The van der Waals surface area contributed by atoms with E-state index in [9.17, 15) is 9.59 Å². The number of hydrogen-bond acceptors (Lipinski definition) is 6. The Balaban J connectivity index is 2.11. The summed E-state index contributed by atoms with van der Waals surface area (Å²) in [5.74, 6) is -0.678. The number of amides is 2. The topological polar surface area (TPSA) is 98.4 Å². The number of aryl methyl sites for hydroxylation is 1. The van der Waals surface area contributed by atoms with Crippen LogP contribution in [-0.2, 0) is 0 Å². The highest BCUT2D eigenvalue weighted by Gasteiger charge is 2.38. The quantitative estimate of drug-likeness (QED) is 0.656. The molecule has 0 saturated heterocycles. The van der Waals surface area contributed by atoms with Crippen molar-refractivity contribution >= 4 is 23.5 Å². The highest BCUT2D eigenvalue weighted by atomic mass is 16.5. The molecule has 1 aromatic carbocycles. The number of methoxy groups -OCH3 is 1. The standard InChI is InChI=1S/C14H12N4O3/c1-7-5-11(21-2)17-14(16-7)18-12(19)9-4-3-8(15)6-10(9)13(18)20/h3-6H,15H2,1-2H3. The Morgan fingerprint density at radius 3 is 2.52 bits per heavy atom. The van der Waals surface area contributed by atoms with E-state index >= 15 is 0 Å². The Kier molecular flexibility index (Phi) is 2.83. The third kappa shape index (κ3) is 1.99. The lowest BCUT2D eigenvalue weighted by Gasteiger charge is -2.12. The third-order valence-electron chi connectivity index (χ3n) is 3.14. The molecule has 106 valence electrons. The monoisotopic (exact) mass is 284 g/mol. The molecule has 0 saturated carbocycles. The largest absolute Gasteiger partial charge is 0.481 e. The lowest BCUT2D eigenvalue weighted by atomic mass is 10.1. The Bertz CT molecular complexity index is 773. The minimum absolute atomic E-state index is 0.00313. The SMILES string of the molecule is COc1cc(C)nc(N2C(=O)c3ccc(N)cc3C2=O)n1. The van der Waals surface area contributed by atoms with Gasteiger partial charge in [0.05, 0.1) is 18.2 Å². The zero-order chi connectivity index (χ0) is 15.1. The average Bonchev–Trinajstić information content (AvgIpc) is 2.69. The number of anilines is 2. The van der Waals surface area contributed by atoms with E-state index in [0.29, 0.717) is 16.9 Å². The van der Waals surface area contributed by atoms with E-state index in [4.69, 9.17) is 10.5 Å². The van der Waals surface area contributed by atoms with Gasteiger partial charge in [0.1, 0.15) is 0 Å². The Morgan fingerprint density at radius 1 is 1.10 bits per heavy atom. The molecular weight excluding hydrogens is 272 g/mol. The fourth-order valence-corrected chi connectivity index (χ4v) is 2.17. The van der Waals surface area contributed by atoms with Crippen molar-refractivity contribution in [2.45, 2.75) is 6.92 Å². The predicted molar refractivity (Wildman–Crippen MR) is 75.3 cm³/mol. The number of carbonyl (C=O) groups excluding carboxylic acids is 2. The van der Waals surface area contributed by atoms with E-state index in [2.05, 4.69) is 9.97 Å². The maximum Gasteiger partial charge on any atom is 0.268 e. The maximum atomic E-state index is 12.4. The van der Waals surface area contributed by atoms with Crippen molar-refractivity contribution in [1.82, 2.24) is 9.97 Å². The summed E-state index contributed by atoms with van der Waals surface area (Å²) < 4.78 is 5.04. The molecule has 0 aliphatic carbocycles. The predicted octanol–water partition coefficient (Wildman–Crippen LogP) is 1.18. The molecule has 0 fully saturated rings. The number of benzene rings is 1. The van der Waals surface area contributed by atoms with E-state index < -0.39 is 11.8 Å². The van der Waals surface area contributed by atoms with Crippen LogP contribution in [0.25, 0.3) is 0 Å². The number of nitrogens with zero attached hydrogens (tertiary/aromatic N) is 3. The lowest BCUT2D eigenvalue weighted by Crippen LogP contribution is -2.31. The Morgan fingerprint density at radius 2 is 1.81 bits per heavy atom. The van der Waals surface area contributed by atoms with E-state index in [1.807, 2.05) is 0 Å². The van der Waals surface area contributed by atoms with Crippen LogP contribution < -0.4 is 15.4 Å². The molecule has 1 aliphatic heterocycles. The summed E-state index contributed by atoms with van der Waals surface area (Å²) in [5.41, 5.74) is 7.21. The molecule has 21 heavy (non-hydrogen) atoms. The average molecular weight is 284 g/mol. The van der Waals surface area contributed by atoms with Gasteiger partial charge in [-0.25, -0.2) is 9.88 Å². The first-order valence-electron chi connectivity index (χ1n) is 6.19. The second-order valence-electron chi connectivity index (χ2n) is 4.60. The number of carbonyl (C=O) groups is 2. The van der Waals surface area contributed by atoms with Crippen molar-refractivity contribution in [3.8, 4) is 5.88 Å². The molecule has 0 radical (unpaired) electrons. The van der Waals surface area contributed by atoms with E-state index in [0.717, 1.165) is 4.90 Å². The fourth-order valence-electron chi connectivity index (χ4n) is 2.17. The zero-order valence-corrected chi connectivity index (χ0v) is 11.5. The molecule has 2 aromatic rings. The van der Waals surface area contributed by atoms with E-state index in [-0.39, 0.29) is 17.4 Å². The van der Waals surface area contributed by atoms with Crippen LogP contribution in [0.2, 0.25) is 0 Å². The summed E-state index contributed by atoms with van der Waals surface area (Å²) in [7, 11) is 1.45. The smallest absolute Gasteiger partial charge is 0.268 e. The molecule has 1 aromatic heterocycles. The highest BCUT2D eigenvalue weighted by Crippen LogP contribution is 2.28. The van der Waals surface area contributed by atoms with Gasteiger partial charge in [0.15, 0.2) is 0 Å². The second kappa shape index (κ2) is 4.55. The number of rotatable bonds is 2.